The Morgan fingerprint density at radius 3 is 2.95 bits per heavy atom. The molecule has 1 aromatic heterocycles. The summed E-state index contributed by atoms with van der Waals surface area (Å²) in [6.45, 7) is 2.79. The van der Waals surface area contributed by atoms with E-state index in [2.05, 4.69) is 10.3 Å². The van der Waals surface area contributed by atoms with Gasteiger partial charge < -0.3 is 25.6 Å². The van der Waals surface area contributed by atoms with Gasteiger partial charge in [-0.15, -0.1) is 0 Å². The van der Waals surface area contributed by atoms with E-state index in [9.17, 15) is 4.79 Å². The Balaban J connectivity index is 2.34. The van der Waals surface area contributed by atoms with Crippen LogP contribution >= 0.6 is 0 Å². The van der Waals surface area contributed by atoms with Crippen molar-refractivity contribution in [2.24, 2.45) is 5.92 Å². The number of rotatable bonds is 7. The molecule has 19 heavy (non-hydrogen) atoms. The molecule has 7 heteroatoms. The first-order valence-electron chi connectivity index (χ1n) is 5.93. The second-order valence-electron chi connectivity index (χ2n) is 4.18. The highest BCUT2D eigenvalue weighted by atomic mass is 16.5. The van der Waals surface area contributed by atoms with Gasteiger partial charge in [-0.1, -0.05) is 6.92 Å². The van der Waals surface area contributed by atoms with Gasteiger partial charge in [0.15, 0.2) is 0 Å². The zero-order chi connectivity index (χ0) is 14.3. The summed E-state index contributed by atoms with van der Waals surface area (Å²) in [7, 11) is 1.49. The van der Waals surface area contributed by atoms with Crippen LogP contribution in [0.5, 0.6) is 11.8 Å². The number of nitrogens with two attached hydrogens (primary N) is 1. The molecule has 0 spiro atoms. The molecule has 1 atom stereocenters. The first-order valence-corrected chi connectivity index (χ1v) is 5.93. The fourth-order valence-corrected chi connectivity index (χ4v) is 1.41. The number of pyridine rings is 1. The van der Waals surface area contributed by atoms with E-state index in [1.807, 2.05) is 6.92 Å². The Bertz CT molecular complexity index is 425. The highest BCUT2D eigenvalue weighted by Gasteiger charge is 2.06. The fraction of sp³-hybridized carbons (Fsp3) is 0.500. The molecule has 0 aliphatic carbocycles. The van der Waals surface area contributed by atoms with Crippen LogP contribution in [0.2, 0.25) is 0 Å². The van der Waals surface area contributed by atoms with Gasteiger partial charge in [0.05, 0.1) is 19.4 Å². The quantitative estimate of drug-likeness (QED) is 0.689. The fourth-order valence-electron chi connectivity index (χ4n) is 1.41. The van der Waals surface area contributed by atoms with Crippen LogP contribution in [-0.2, 0) is 0 Å². The van der Waals surface area contributed by atoms with Gasteiger partial charge in [0.25, 0.3) is 0 Å². The normalized spacial score (nSPS) is 11.7. The highest BCUT2D eigenvalue weighted by Crippen LogP contribution is 2.21. The molecule has 4 N–H and O–H groups in total. The molecular weight excluding hydrogens is 250 g/mol. The van der Waals surface area contributed by atoms with Crippen molar-refractivity contribution < 1.29 is 19.4 Å². The standard InChI is InChI=1S/C12H19N3O4/c1-8(7-14-12(16)17)5-6-19-10-4-3-9(13)11(15-10)18-2/h3-4,8,14H,5-7,13H2,1-2H3,(H,16,17). The van der Waals surface area contributed by atoms with Gasteiger partial charge >= 0.3 is 6.09 Å². The second-order valence-corrected chi connectivity index (χ2v) is 4.18. The Kier molecular flexibility index (Phi) is 5.72. The van der Waals surface area contributed by atoms with Crippen LogP contribution in [0.3, 0.4) is 0 Å². The Labute approximate surface area is 111 Å². The molecule has 0 bridgehead atoms. The summed E-state index contributed by atoms with van der Waals surface area (Å²) in [5, 5.41) is 10.8. The van der Waals surface area contributed by atoms with E-state index in [0.717, 1.165) is 0 Å². The molecular formula is C12H19N3O4. The van der Waals surface area contributed by atoms with Crippen LogP contribution < -0.4 is 20.5 Å². The molecule has 1 amide bonds. The summed E-state index contributed by atoms with van der Waals surface area (Å²) in [5.41, 5.74) is 6.09. The van der Waals surface area contributed by atoms with Crippen molar-refractivity contribution in [3.8, 4) is 11.8 Å². The number of carbonyl (C=O) groups is 1. The van der Waals surface area contributed by atoms with Gasteiger partial charge in [-0.3, -0.25) is 0 Å². The van der Waals surface area contributed by atoms with Gasteiger partial charge in [-0.25, -0.2) is 4.79 Å². The van der Waals surface area contributed by atoms with E-state index in [1.54, 1.807) is 12.1 Å². The maximum Gasteiger partial charge on any atom is 0.404 e. The molecule has 0 aromatic carbocycles. The van der Waals surface area contributed by atoms with E-state index >= 15 is 0 Å². The minimum atomic E-state index is -1.02. The van der Waals surface area contributed by atoms with Crippen molar-refractivity contribution in [2.75, 3.05) is 26.0 Å². The molecule has 1 heterocycles. The SMILES string of the molecule is COc1nc(OCCC(C)CNC(=O)O)ccc1N. The van der Waals surface area contributed by atoms with Crippen molar-refractivity contribution in [1.82, 2.24) is 10.3 Å². The number of hydrogen-bond acceptors (Lipinski definition) is 5. The summed E-state index contributed by atoms with van der Waals surface area (Å²) in [4.78, 5) is 14.4. The zero-order valence-corrected chi connectivity index (χ0v) is 11.0. The molecule has 106 valence electrons. The van der Waals surface area contributed by atoms with E-state index in [1.165, 1.54) is 7.11 Å². The van der Waals surface area contributed by atoms with Crippen LogP contribution in [-0.4, -0.2) is 36.4 Å². The molecule has 0 saturated heterocycles. The predicted octanol–water partition coefficient (Wildman–Crippen LogP) is 1.34. The minimum absolute atomic E-state index is 0.187. The average molecular weight is 269 g/mol. The maximum absolute atomic E-state index is 10.3. The summed E-state index contributed by atoms with van der Waals surface area (Å²) in [6, 6.07) is 3.33. The monoisotopic (exact) mass is 269 g/mol. The average Bonchev–Trinajstić information content (AvgIpc) is 2.38. The number of amides is 1. The predicted molar refractivity (Wildman–Crippen MR) is 70.5 cm³/mol. The van der Waals surface area contributed by atoms with Crippen LogP contribution in [0, 0.1) is 5.92 Å². The van der Waals surface area contributed by atoms with Crippen LogP contribution in [0.4, 0.5) is 10.5 Å². The highest BCUT2D eigenvalue weighted by molar-refractivity contribution is 5.64. The van der Waals surface area contributed by atoms with Gasteiger partial charge in [0.2, 0.25) is 11.8 Å². The summed E-state index contributed by atoms with van der Waals surface area (Å²) in [5.74, 6) is 0.953. The molecule has 0 radical (unpaired) electrons. The second kappa shape index (κ2) is 7.30. The Morgan fingerprint density at radius 1 is 1.58 bits per heavy atom. The lowest BCUT2D eigenvalue weighted by Gasteiger charge is -2.12. The number of ether oxygens (including phenoxy) is 2. The van der Waals surface area contributed by atoms with Crippen LogP contribution in [0.15, 0.2) is 12.1 Å². The maximum atomic E-state index is 10.3. The summed E-state index contributed by atoms with van der Waals surface area (Å²) >= 11 is 0. The van der Waals surface area contributed by atoms with Gasteiger partial charge in [0.1, 0.15) is 0 Å². The number of carboxylic acid groups (broad SMARTS) is 1. The molecule has 1 unspecified atom stereocenters. The number of hydrogen-bond donors (Lipinski definition) is 3. The number of anilines is 1. The first-order chi connectivity index (χ1) is 9.02. The summed E-state index contributed by atoms with van der Waals surface area (Å²) in [6.07, 6.45) is -0.299. The van der Waals surface area contributed by atoms with Gasteiger partial charge in [-0.05, 0) is 18.4 Å². The van der Waals surface area contributed by atoms with E-state index in [4.69, 9.17) is 20.3 Å². The van der Waals surface area contributed by atoms with E-state index < -0.39 is 6.09 Å². The van der Waals surface area contributed by atoms with Crippen molar-refractivity contribution in [3.63, 3.8) is 0 Å². The molecule has 1 rings (SSSR count). The Hall–Kier alpha value is -2.18. The van der Waals surface area contributed by atoms with E-state index in [-0.39, 0.29) is 5.92 Å². The lowest BCUT2D eigenvalue weighted by atomic mass is 10.1. The molecule has 0 fully saturated rings. The number of nitrogens with one attached hydrogen (secondary N) is 1. The zero-order valence-electron chi connectivity index (χ0n) is 11.0. The molecule has 0 aliphatic heterocycles. The minimum Gasteiger partial charge on any atom is -0.479 e. The van der Waals surface area contributed by atoms with Crippen molar-refractivity contribution in [3.05, 3.63) is 12.1 Å². The smallest absolute Gasteiger partial charge is 0.404 e. The third kappa shape index (κ3) is 5.33. The van der Waals surface area contributed by atoms with Crippen molar-refractivity contribution in [2.45, 2.75) is 13.3 Å². The van der Waals surface area contributed by atoms with Crippen molar-refractivity contribution in [1.29, 1.82) is 0 Å². The van der Waals surface area contributed by atoms with Gasteiger partial charge in [-0.2, -0.15) is 4.98 Å². The number of methoxy groups -OCH3 is 1. The lowest BCUT2D eigenvalue weighted by molar-refractivity contribution is 0.191. The largest absolute Gasteiger partial charge is 0.479 e. The first kappa shape index (κ1) is 14.9. The van der Waals surface area contributed by atoms with Gasteiger partial charge in [0, 0.05) is 12.6 Å². The van der Waals surface area contributed by atoms with Crippen molar-refractivity contribution >= 4 is 11.8 Å². The third-order valence-corrected chi connectivity index (χ3v) is 2.52. The van der Waals surface area contributed by atoms with Crippen LogP contribution in [0.1, 0.15) is 13.3 Å². The number of nitrogen functional groups attached to an aromatic ring is 1. The number of nitrogens with zero attached hydrogens (tertiary/aromatic N) is 1. The topological polar surface area (TPSA) is 107 Å². The lowest BCUT2D eigenvalue weighted by Crippen LogP contribution is -2.27. The molecule has 0 aliphatic rings. The summed E-state index contributed by atoms with van der Waals surface area (Å²) < 4.78 is 10.4. The number of aromatic nitrogens is 1. The van der Waals surface area contributed by atoms with Crippen LogP contribution in [0.25, 0.3) is 0 Å². The Morgan fingerprint density at radius 2 is 2.32 bits per heavy atom. The molecule has 1 aromatic rings. The van der Waals surface area contributed by atoms with E-state index in [0.29, 0.717) is 37.0 Å². The molecule has 0 saturated carbocycles. The third-order valence-electron chi connectivity index (χ3n) is 2.52. The molecule has 7 nitrogen and oxygen atoms in total.